The SMILES string of the molecule is CCCOC(=O)/C(C#N)=C1\NCCNC1=O. The molecule has 1 saturated heterocycles. The molecule has 0 unspecified atom stereocenters. The van der Waals surface area contributed by atoms with Crippen LogP contribution in [0, 0.1) is 11.3 Å². The van der Waals surface area contributed by atoms with Crippen molar-refractivity contribution in [2.75, 3.05) is 19.7 Å². The van der Waals surface area contributed by atoms with Crippen LogP contribution in [-0.2, 0) is 14.3 Å². The summed E-state index contributed by atoms with van der Waals surface area (Å²) in [6, 6.07) is 1.69. The highest BCUT2D eigenvalue weighted by molar-refractivity contribution is 6.05. The van der Waals surface area contributed by atoms with Crippen LogP contribution in [0.15, 0.2) is 11.3 Å². The Kier molecular flexibility index (Phi) is 4.33. The molecule has 1 fully saturated rings. The number of carbonyl (C=O) groups is 2. The third kappa shape index (κ3) is 2.73. The van der Waals surface area contributed by atoms with Crippen molar-refractivity contribution in [3.8, 4) is 6.07 Å². The molecule has 2 N–H and O–H groups in total. The number of hydrogen-bond donors (Lipinski definition) is 2. The minimum atomic E-state index is -0.760. The van der Waals surface area contributed by atoms with Crippen molar-refractivity contribution in [1.82, 2.24) is 10.6 Å². The lowest BCUT2D eigenvalue weighted by Gasteiger charge is -2.18. The Morgan fingerprint density at radius 1 is 1.50 bits per heavy atom. The van der Waals surface area contributed by atoms with E-state index in [9.17, 15) is 9.59 Å². The van der Waals surface area contributed by atoms with Crippen LogP contribution in [0.25, 0.3) is 0 Å². The highest BCUT2D eigenvalue weighted by Crippen LogP contribution is 2.06. The molecular weight excluding hydrogens is 210 g/mol. The standard InChI is InChI=1S/C10H13N3O3/c1-2-5-16-10(15)7(6-11)8-9(14)13-4-3-12-8/h12H,2-5H2,1H3,(H,13,14)/b8-7-. The molecule has 1 heterocycles. The fraction of sp³-hybridized carbons (Fsp3) is 0.500. The number of nitrogens with zero attached hydrogens (tertiary/aromatic N) is 1. The van der Waals surface area contributed by atoms with E-state index in [2.05, 4.69) is 10.6 Å². The summed E-state index contributed by atoms with van der Waals surface area (Å²) >= 11 is 0. The van der Waals surface area contributed by atoms with Gasteiger partial charge in [0.25, 0.3) is 5.91 Å². The van der Waals surface area contributed by atoms with Gasteiger partial charge in [0.15, 0.2) is 5.57 Å². The Hall–Kier alpha value is -2.03. The molecule has 0 aromatic rings. The predicted octanol–water partition coefficient (Wildman–Crippen LogP) is -0.563. The molecule has 0 radical (unpaired) electrons. The second-order valence-corrected chi connectivity index (χ2v) is 3.18. The van der Waals surface area contributed by atoms with Crippen molar-refractivity contribution in [1.29, 1.82) is 5.26 Å². The Labute approximate surface area is 93.3 Å². The van der Waals surface area contributed by atoms with Crippen molar-refractivity contribution in [2.45, 2.75) is 13.3 Å². The molecule has 0 saturated carbocycles. The molecule has 0 atom stereocenters. The van der Waals surface area contributed by atoms with Crippen LogP contribution in [0.1, 0.15) is 13.3 Å². The third-order valence-electron chi connectivity index (χ3n) is 1.94. The average molecular weight is 223 g/mol. The molecule has 86 valence electrons. The van der Waals surface area contributed by atoms with Gasteiger partial charge in [-0.05, 0) is 6.42 Å². The molecule has 1 rings (SSSR count). The summed E-state index contributed by atoms with van der Waals surface area (Å²) < 4.78 is 4.81. The van der Waals surface area contributed by atoms with Crippen LogP contribution in [0.4, 0.5) is 0 Å². The largest absolute Gasteiger partial charge is 0.462 e. The number of hydrogen-bond acceptors (Lipinski definition) is 5. The summed E-state index contributed by atoms with van der Waals surface area (Å²) in [7, 11) is 0. The van der Waals surface area contributed by atoms with Gasteiger partial charge in [0.2, 0.25) is 0 Å². The van der Waals surface area contributed by atoms with Gasteiger partial charge in [-0.1, -0.05) is 6.92 Å². The van der Waals surface area contributed by atoms with Crippen LogP contribution in [0.2, 0.25) is 0 Å². The second kappa shape index (κ2) is 5.75. The average Bonchev–Trinajstić information content (AvgIpc) is 2.30. The van der Waals surface area contributed by atoms with Crippen LogP contribution < -0.4 is 10.6 Å². The Morgan fingerprint density at radius 3 is 2.75 bits per heavy atom. The molecule has 6 nitrogen and oxygen atoms in total. The highest BCUT2D eigenvalue weighted by Gasteiger charge is 2.24. The van der Waals surface area contributed by atoms with E-state index in [1.165, 1.54) is 0 Å². The van der Waals surface area contributed by atoms with Gasteiger partial charge in [-0.25, -0.2) is 4.79 Å². The van der Waals surface area contributed by atoms with E-state index in [1.807, 2.05) is 6.92 Å². The topological polar surface area (TPSA) is 91.2 Å². The molecule has 6 heteroatoms. The maximum Gasteiger partial charge on any atom is 0.351 e. The van der Waals surface area contributed by atoms with Crippen LogP contribution in [0.3, 0.4) is 0 Å². The molecular formula is C10H13N3O3. The van der Waals surface area contributed by atoms with E-state index in [0.717, 1.165) is 0 Å². The van der Waals surface area contributed by atoms with Crippen molar-refractivity contribution >= 4 is 11.9 Å². The molecule has 0 bridgehead atoms. The van der Waals surface area contributed by atoms with E-state index in [4.69, 9.17) is 10.00 Å². The lowest BCUT2D eigenvalue weighted by Crippen LogP contribution is -2.44. The van der Waals surface area contributed by atoms with E-state index < -0.39 is 11.9 Å². The van der Waals surface area contributed by atoms with Gasteiger partial charge in [0.05, 0.1) is 6.61 Å². The molecule has 1 aliphatic heterocycles. The van der Waals surface area contributed by atoms with E-state index in [-0.39, 0.29) is 17.9 Å². The summed E-state index contributed by atoms with van der Waals surface area (Å²) in [5.74, 6) is -1.21. The first kappa shape index (κ1) is 12.0. The fourth-order valence-electron chi connectivity index (χ4n) is 1.20. The normalized spacial score (nSPS) is 17.9. The molecule has 0 spiro atoms. The maximum atomic E-state index is 11.5. The first-order chi connectivity index (χ1) is 7.70. The number of piperazine rings is 1. The van der Waals surface area contributed by atoms with Gasteiger partial charge < -0.3 is 15.4 Å². The monoisotopic (exact) mass is 223 g/mol. The summed E-state index contributed by atoms with van der Waals surface area (Å²) in [6.45, 7) is 3.05. The molecule has 0 aliphatic carbocycles. The minimum Gasteiger partial charge on any atom is -0.462 e. The second-order valence-electron chi connectivity index (χ2n) is 3.18. The number of amides is 1. The number of rotatable bonds is 3. The number of esters is 1. The van der Waals surface area contributed by atoms with Crippen molar-refractivity contribution in [2.24, 2.45) is 0 Å². The fourth-order valence-corrected chi connectivity index (χ4v) is 1.20. The Morgan fingerprint density at radius 2 is 2.19 bits per heavy atom. The summed E-state index contributed by atoms with van der Waals surface area (Å²) in [5.41, 5.74) is -0.277. The third-order valence-corrected chi connectivity index (χ3v) is 1.94. The van der Waals surface area contributed by atoms with E-state index in [1.54, 1.807) is 6.07 Å². The zero-order valence-electron chi connectivity index (χ0n) is 9.00. The van der Waals surface area contributed by atoms with Crippen molar-refractivity contribution in [3.63, 3.8) is 0 Å². The van der Waals surface area contributed by atoms with Gasteiger partial charge >= 0.3 is 5.97 Å². The first-order valence-electron chi connectivity index (χ1n) is 5.04. The van der Waals surface area contributed by atoms with Crippen molar-refractivity contribution in [3.05, 3.63) is 11.3 Å². The predicted molar refractivity (Wildman–Crippen MR) is 54.9 cm³/mol. The number of nitriles is 1. The molecule has 16 heavy (non-hydrogen) atoms. The lowest BCUT2D eigenvalue weighted by molar-refractivity contribution is -0.139. The van der Waals surface area contributed by atoms with Crippen LogP contribution in [0.5, 0.6) is 0 Å². The smallest absolute Gasteiger partial charge is 0.351 e. The molecule has 0 aromatic carbocycles. The summed E-state index contributed by atoms with van der Waals surface area (Å²) in [4.78, 5) is 22.8. The van der Waals surface area contributed by atoms with Gasteiger partial charge in [-0.15, -0.1) is 0 Å². The number of carbonyl (C=O) groups excluding carboxylic acids is 2. The molecule has 1 amide bonds. The Bertz CT molecular complexity index is 368. The molecule has 1 aliphatic rings. The molecule has 0 aromatic heterocycles. The zero-order valence-corrected chi connectivity index (χ0v) is 9.00. The van der Waals surface area contributed by atoms with Gasteiger partial charge in [-0.2, -0.15) is 5.26 Å². The van der Waals surface area contributed by atoms with Crippen LogP contribution >= 0.6 is 0 Å². The summed E-state index contributed by atoms with van der Waals surface area (Å²) in [6.07, 6.45) is 0.666. The van der Waals surface area contributed by atoms with Crippen molar-refractivity contribution < 1.29 is 14.3 Å². The lowest BCUT2D eigenvalue weighted by atomic mass is 10.2. The highest BCUT2D eigenvalue weighted by atomic mass is 16.5. The number of ether oxygens (including phenoxy) is 1. The maximum absolute atomic E-state index is 11.5. The first-order valence-corrected chi connectivity index (χ1v) is 5.04. The van der Waals surface area contributed by atoms with Crippen LogP contribution in [-0.4, -0.2) is 31.6 Å². The van der Waals surface area contributed by atoms with Gasteiger partial charge in [-0.3, -0.25) is 4.79 Å². The quantitative estimate of drug-likeness (QED) is 0.380. The minimum absolute atomic E-state index is 0.00477. The van der Waals surface area contributed by atoms with E-state index >= 15 is 0 Å². The summed E-state index contributed by atoms with van der Waals surface area (Å²) in [5, 5.41) is 14.1. The van der Waals surface area contributed by atoms with Gasteiger partial charge in [0.1, 0.15) is 11.8 Å². The van der Waals surface area contributed by atoms with E-state index in [0.29, 0.717) is 19.5 Å². The zero-order chi connectivity index (χ0) is 12.0. The Balaban J connectivity index is 2.86. The van der Waals surface area contributed by atoms with Gasteiger partial charge in [0, 0.05) is 13.1 Å². The number of nitrogens with one attached hydrogen (secondary N) is 2.